The largest absolute Gasteiger partial charge is 0.356 e. The molecule has 1 aliphatic rings. The van der Waals surface area contributed by atoms with Crippen molar-refractivity contribution in [3.05, 3.63) is 22.1 Å². The SMILES string of the molecule is CCCc1cc(=O)n2nc(N3CCCC(CNC(C)=O)C3)sc2n1. The molecule has 0 aliphatic carbocycles. The number of hydrogen-bond acceptors (Lipinski definition) is 6. The molecule has 1 saturated heterocycles. The summed E-state index contributed by atoms with van der Waals surface area (Å²) in [6.07, 6.45) is 3.93. The predicted octanol–water partition coefficient (Wildman–Crippen LogP) is 1.46. The molecule has 8 heteroatoms. The first-order valence-electron chi connectivity index (χ1n) is 8.46. The predicted molar refractivity (Wildman–Crippen MR) is 94.7 cm³/mol. The van der Waals surface area contributed by atoms with E-state index in [0.717, 1.165) is 49.6 Å². The van der Waals surface area contributed by atoms with Gasteiger partial charge in [-0.3, -0.25) is 9.59 Å². The molecule has 1 unspecified atom stereocenters. The first kappa shape index (κ1) is 16.9. The maximum Gasteiger partial charge on any atom is 0.275 e. The van der Waals surface area contributed by atoms with Gasteiger partial charge in [0.15, 0.2) is 0 Å². The van der Waals surface area contributed by atoms with Gasteiger partial charge in [0, 0.05) is 38.3 Å². The van der Waals surface area contributed by atoms with E-state index in [1.807, 2.05) is 0 Å². The molecule has 0 aromatic carbocycles. The molecule has 1 aliphatic heterocycles. The first-order valence-corrected chi connectivity index (χ1v) is 9.27. The number of nitrogens with one attached hydrogen (secondary N) is 1. The minimum atomic E-state index is -0.113. The van der Waals surface area contributed by atoms with E-state index < -0.39 is 0 Å². The van der Waals surface area contributed by atoms with Crippen molar-refractivity contribution < 1.29 is 4.79 Å². The van der Waals surface area contributed by atoms with E-state index in [0.29, 0.717) is 17.4 Å². The van der Waals surface area contributed by atoms with Crippen LogP contribution in [0.5, 0.6) is 0 Å². The lowest BCUT2D eigenvalue weighted by Gasteiger charge is -2.32. The zero-order valence-electron chi connectivity index (χ0n) is 14.1. The van der Waals surface area contributed by atoms with Gasteiger partial charge in [-0.1, -0.05) is 24.7 Å². The number of carbonyl (C=O) groups is 1. The highest BCUT2D eigenvalue weighted by molar-refractivity contribution is 7.20. The third-order valence-electron chi connectivity index (χ3n) is 4.22. The molecule has 2 aromatic rings. The highest BCUT2D eigenvalue weighted by atomic mass is 32.1. The van der Waals surface area contributed by atoms with E-state index in [9.17, 15) is 9.59 Å². The summed E-state index contributed by atoms with van der Waals surface area (Å²) in [6.45, 7) is 6.07. The van der Waals surface area contributed by atoms with Crippen LogP contribution in [0.3, 0.4) is 0 Å². The summed E-state index contributed by atoms with van der Waals surface area (Å²) in [7, 11) is 0. The van der Waals surface area contributed by atoms with Crippen molar-refractivity contribution in [1.82, 2.24) is 19.9 Å². The summed E-state index contributed by atoms with van der Waals surface area (Å²) < 4.78 is 1.40. The Hall–Kier alpha value is -1.96. The lowest BCUT2D eigenvalue weighted by Crippen LogP contribution is -2.40. The van der Waals surface area contributed by atoms with Crippen molar-refractivity contribution in [2.24, 2.45) is 5.92 Å². The quantitative estimate of drug-likeness (QED) is 0.884. The Morgan fingerprint density at radius 1 is 1.50 bits per heavy atom. The van der Waals surface area contributed by atoms with Gasteiger partial charge >= 0.3 is 0 Å². The van der Waals surface area contributed by atoms with E-state index in [1.54, 1.807) is 13.0 Å². The fourth-order valence-electron chi connectivity index (χ4n) is 3.05. The Morgan fingerprint density at radius 2 is 2.33 bits per heavy atom. The van der Waals surface area contributed by atoms with Crippen LogP contribution in [-0.2, 0) is 11.2 Å². The maximum absolute atomic E-state index is 12.2. The Balaban J connectivity index is 1.79. The van der Waals surface area contributed by atoms with Crippen molar-refractivity contribution in [1.29, 1.82) is 0 Å². The van der Waals surface area contributed by atoms with Gasteiger partial charge in [0.2, 0.25) is 16.0 Å². The van der Waals surface area contributed by atoms with Crippen LogP contribution in [0.2, 0.25) is 0 Å². The second kappa shape index (κ2) is 7.29. The molecule has 1 atom stereocenters. The molecular weight excluding hydrogens is 326 g/mol. The summed E-state index contributed by atoms with van der Waals surface area (Å²) >= 11 is 1.46. The van der Waals surface area contributed by atoms with Crippen molar-refractivity contribution in [3.8, 4) is 0 Å². The van der Waals surface area contributed by atoms with Gasteiger partial charge in [0.25, 0.3) is 5.56 Å². The van der Waals surface area contributed by atoms with Crippen LogP contribution < -0.4 is 15.8 Å². The standard InChI is InChI=1S/C16H23N5O2S/c1-3-5-13-8-14(23)21-15(18-13)24-16(19-21)20-7-4-6-12(10-20)9-17-11(2)22/h8,12H,3-7,9-10H2,1-2H3,(H,17,22). The monoisotopic (exact) mass is 349 g/mol. The van der Waals surface area contributed by atoms with Crippen LogP contribution in [-0.4, -0.2) is 40.1 Å². The summed E-state index contributed by atoms with van der Waals surface area (Å²) in [5.41, 5.74) is 0.720. The van der Waals surface area contributed by atoms with Gasteiger partial charge in [-0.2, -0.15) is 4.52 Å². The number of piperidine rings is 1. The van der Waals surface area contributed by atoms with E-state index in [4.69, 9.17) is 0 Å². The van der Waals surface area contributed by atoms with Gasteiger partial charge in [0.1, 0.15) is 0 Å². The van der Waals surface area contributed by atoms with Crippen LogP contribution in [0.1, 0.15) is 38.8 Å². The lowest BCUT2D eigenvalue weighted by atomic mass is 9.98. The minimum absolute atomic E-state index is 0.00585. The van der Waals surface area contributed by atoms with Gasteiger partial charge in [-0.05, 0) is 25.2 Å². The van der Waals surface area contributed by atoms with Crippen LogP contribution in [0.25, 0.3) is 4.96 Å². The van der Waals surface area contributed by atoms with E-state index >= 15 is 0 Å². The molecule has 1 N–H and O–H groups in total. The van der Waals surface area contributed by atoms with E-state index in [2.05, 4.69) is 27.2 Å². The molecule has 1 amide bonds. The van der Waals surface area contributed by atoms with Gasteiger partial charge in [-0.15, -0.1) is 5.10 Å². The number of hydrogen-bond donors (Lipinski definition) is 1. The normalized spacial score (nSPS) is 18.1. The second-order valence-corrected chi connectivity index (χ2v) is 7.24. The Labute approximate surface area is 144 Å². The van der Waals surface area contributed by atoms with Crippen LogP contribution in [0, 0.1) is 5.92 Å². The summed E-state index contributed by atoms with van der Waals surface area (Å²) in [4.78, 5) is 30.7. The summed E-state index contributed by atoms with van der Waals surface area (Å²) in [5, 5.41) is 8.19. The number of aryl methyl sites for hydroxylation is 1. The molecule has 24 heavy (non-hydrogen) atoms. The molecule has 0 radical (unpaired) electrons. The Kier molecular flexibility index (Phi) is 5.13. The molecule has 1 fully saturated rings. The first-order chi connectivity index (χ1) is 11.6. The molecule has 7 nitrogen and oxygen atoms in total. The number of carbonyl (C=O) groups excluding carboxylic acids is 1. The molecule has 2 aromatic heterocycles. The fraction of sp³-hybridized carbons (Fsp3) is 0.625. The van der Waals surface area contributed by atoms with Crippen molar-refractivity contribution in [2.45, 2.75) is 39.5 Å². The lowest BCUT2D eigenvalue weighted by molar-refractivity contribution is -0.119. The topological polar surface area (TPSA) is 79.6 Å². The average Bonchev–Trinajstić information content (AvgIpc) is 2.98. The third kappa shape index (κ3) is 3.75. The highest BCUT2D eigenvalue weighted by Gasteiger charge is 2.23. The van der Waals surface area contributed by atoms with Crippen LogP contribution >= 0.6 is 11.3 Å². The minimum Gasteiger partial charge on any atom is -0.356 e. The Bertz CT molecular complexity index is 784. The number of anilines is 1. The van der Waals surface area contributed by atoms with Crippen LogP contribution in [0.4, 0.5) is 5.13 Å². The molecule has 0 saturated carbocycles. The highest BCUT2D eigenvalue weighted by Crippen LogP contribution is 2.26. The van der Waals surface area contributed by atoms with Crippen molar-refractivity contribution in [3.63, 3.8) is 0 Å². The maximum atomic E-state index is 12.2. The molecule has 3 heterocycles. The second-order valence-electron chi connectivity index (χ2n) is 6.31. The molecule has 0 bridgehead atoms. The smallest absolute Gasteiger partial charge is 0.275 e. The number of fused-ring (bicyclic) bond motifs is 1. The summed E-state index contributed by atoms with van der Waals surface area (Å²) in [5.74, 6) is 0.418. The van der Waals surface area contributed by atoms with E-state index in [1.165, 1.54) is 15.9 Å². The summed E-state index contributed by atoms with van der Waals surface area (Å²) in [6, 6.07) is 1.58. The number of amides is 1. The van der Waals surface area contributed by atoms with E-state index in [-0.39, 0.29) is 11.5 Å². The van der Waals surface area contributed by atoms with Crippen molar-refractivity contribution >= 4 is 27.3 Å². The molecule has 0 spiro atoms. The zero-order valence-corrected chi connectivity index (χ0v) is 14.9. The molecule has 3 rings (SSSR count). The number of aromatic nitrogens is 3. The molecular formula is C16H23N5O2S. The van der Waals surface area contributed by atoms with Crippen LogP contribution in [0.15, 0.2) is 10.9 Å². The zero-order chi connectivity index (χ0) is 17.1. The Morgan fingerprint density at radius 3 is 3.08 bits per heavy atom. The average molecular weight is 349 g/mol. The third-order valence-corrected chi connectivity index (χ3v) is 5.19. The molecule has 130 valence electrons. The van der Waals surface area contributed by atoms with Gasteiger partial charge in [-0.25, -0.2) is 4.98 Å². The van der Waals surface area contributed by atoms with Crippen molar-refractivity contribution in [2.75, 3.05) is 24.5 Å². The number of nitrogens with zero attached hydrogens (tertiary/aromatic N) is 4. The number of rotatable bonds is 5. The van der Waals surface area contributed by atoms with Gasteiger partial charge < -0.3 is 10.2 Å². The van der Waals surface area contributed by atoms with Gasteiger partial charge in [0.05, 0.1) is 0 Å². The fourth-order valence-corrected chi connectivity index (χ4v) is 4.01.